The van der Waals surface area contributed by atoms with E-state index in [0.717, 1.165) is 11.4 Å². The molecule has 0 radical (unpaired) electrons. The molecule has 1 rings (SSSR count). The van der Waals surface area contributed by atoms with Gasteiger partial charge in [-0.05, 0) is 26.0 Å². The van der Waals surface area contributed by atoms with Crippen LogP contribution in [-0.2, 0) is 4.74 Å². The van der Waals surface area contributed by atoms with Gasteiger partial charge in [-0.2, -0.15) is 0 Å². The van der Waals surface area contributed by atoms with Crippen molar-refractivity contribution in [2.45, 2.75) is 13.8 Å². The Labute approximate surface area is 77.8 Å². The lowest BCUT2D eigenvalue weighted by Gasteiger charge is -2.03. The molecular weight excluding hydrogens is 166 g/mol. The minimum atomic E-state index is -0.0208. The highest BCUT2D eigenvalue weighted by Crippen LogP contribution is 2.07. The first-order valence-electron chi connectivity index (χ1n) is 4.11. The second-order valence-electron chi connectivity index (χ2n) is 2.94. The summed E-state index contributed by atoms with van der Waals surface area (Å²) in [5.41, 5.74) is 2.33. The first-order valence-corrected chi connectivity index (χ1v) is 4.11. The topological polar surface area (TPSA) is 39.2 Å². The monoisotopic (exact) mass is 179 g/mol. The number of aromatic nitrogens is 1. The van der Waals surface area contributed by atoms with E-state index in [1.54, 1.807) is 6.07 Å². The Morgan fingerprint density at radius 3 is 2.69 bits per heavy atom. The Morgan fingerprint density at radius 1 is 1.46 bits per heavy atom. The summed E-state index contributed by atoms with van der Waals surface area (Å²) >= 11 is 0. The molecule has 0 saturated heterocycles. The number of hydrogen-bond acceptors (Lipinski definition) is 3. The van der Waals surface area contributed by atoms with Gasteiger partial charge in [-0.25, -0.2) is 0 Å². The van der Waals surface area contributed by atoms with Crippen LogP contribution in [0.5, 0.6) is 0 Å². The molecule has 0 fully saturated rings. The smallest absolute Gasteiger partial charge is 0.190 e. The number of rotatable bonds is 3. The van der Waals surface area contributed by atoms with Crippen LogP contribution < -0.4 is 0 Å². The minimum absolute atomic E-state index is 0.0208. The number of pyridine rings is 1. The van der Waals surface area contributed by atoms with Crippen molar-refractivity contribution in [3.8, 4) is 0 Å². The molecule has 0 N–H and O–H groups in total. The van der Waals surface area contributed by atoms with Gasteiger partial charge in [0.15, 0.2) is 5.78 Å². The molecule has 0 aromatic carbocycles. The van der Waals surface area contributed by atoms with E-state index >= 15 is 0 Å². The fraction of sp³-hybridized carbons (Fsp3) is 0.400. The highest BCUT2D eigenvalue weighted by molar-refractivity contribution is 5.97. The van der Waals surface area contributed by atoms with E-state index in [0.29, 0.717) is 5.56 Å². The first-order chi connectivity index (χ1) is 6.15. The van der Waals surface area contributed by atoms with Crippen LogP contribution in [0.25, 0.3) is 0 Å². The summed E-state index contributed by atoms with van der Waals surface area (Å²) in [5, 5.41) is 0. The van der Waals surface area contributed by atoms with E-state index in [9.17, 15) is 4.79 Å². The van der Waals surface area contributed by atoms with Gasteiger partial charge in [-0.15, -0.1) is 0 Å². The Bertz CT molecular complexity index is 321. The number of ether oxygens (including phenoxy) is 1. The Hall–Kier alpha value is -1.22. The van der Waals surface area contributed by atoms with Gasteiger partial charge >= 0.3 is 0 Å². The summed E-state index contributed by atoms with van der Waals surface area (Å²) in [6.07, 6.45) is 0. The van der Waals surface area contributed by atoms with Gasteiger partial charge in [0.1, 0.15) is 6.61 Å². The van der Waals surface area contributed by atoms with Gasteiger partial charge in [0.25, 0.3) is 0 Å². The molecule has 1 aromatic rings. The van der Waals surface area contributed by atoms with Gasteiger partial charge in [0.05, 0.1) is 0 Å². The van der Waals surface area contributed by atoms with Crippen LogP contribution in [0.15, 0.2) is 12.1 Å². The third kappa shape index (κ3) is 2.36. The van der Waals surface area contributed by atoms with Crippen molar-refractivity contribution >= 4 is 5.78 Å². The first kappa shape index (κ1) is 9.86. The molecule has 0 spiro atoms. The molecule has 1 aromatic heterocycles. The lowest BCUT2D eigenvalue weighted by Crippen LogP contribution is -2.09. The molecule has 0 aliphatic heterocycles. The van der Waals surface area contributed by atoms with E-state index in [4.69, 9.17) is 4.74 Å². The van der Waals surface area contributed by atoms with Crippen molar-refractivity contribution < 1.29 is 9.53 Å². The van der Waals surface area contributed by atoms with Crippen molar-refractivity contribution in [2.75, 3.05) is 13.7 Å². The summed E-state index contributed by atoms with van der Waals surface area (Å²) in [7, 11) is 1.51. The highest BCUT2D eigenvalue weighted by Gasteiger charge is 2.08. The number of carbonyl (C=O) groups is 1. The fourth-order valence-corrected chi connectivity index (χ4v) is 1.19. The van der Waals surface area contributed by atoms with Crippen molar-refractivity contribution in [1.29, 1.82) is 0 Å². The molecule has 70 valence electrons. The molecular formula is C10H13NO2. The lowest BCUT2D eigenvalue weighted by atomic mass is 10.1. The minimum Gasteiger partial charge on any atom is -0.377 e. The summed E-state index contributed by atoms with van der Waals surface area (Å²) in [5.74, 6) is -0.0208. The Kier molecular flexibility index (Phi) is 3.14. The average molecular weight is 179 g/mol. The van der Waals surface area contributed by atoms with Gasteiger partial charge in [0.2, 0.25) is 0 Å². The van der Waals surface area contributed by atoms with Crippen molar-refractivity contribution in [3.05, 3.63) is 29.1 Å². The fourth-order valence-electron chi connectivity index (χ4n) is 1.19. The molecule has 3 nitrogen and oxygen atoms in total. The van der Waals surface area contributed by atoms with E-state index in [1.807, 2.05) is 19.9 Å². The lowest BCUT2D eigenvalue weighted by molar-refractivity contribution is 0.0847. The number of carbonyl (C=O) groups excluding carboxylic acids is 1. The zero-order valence-electron chi connectivity index (χ0n) is 8.13. The molecule has 0 bridgehead atoms. The van der Waals surface area contributed by atoms with Crippen LogP contribution in [0.3, 0.4) is 0 Å². The third-order valence-electron chi connectivity index (χ3n) is 1.80. The van der Waals surface area contributed by atoms with Crippen molar-refractivity contribution in [2.24, 2.45) is 0 Å². The molecule has 13 heavy (non-hydrogen) atoms. The van der Waals surface area contributed by atoms with Crippen LogP contribution in [0, 0.1) is 13.8 Å². The van der Waals surface area contributed by atoms with E-state index in [-0.39, 0.29) is 12.4 Å². The average Bonchev–Trinajstić information content (AvgIpc) is 2.04. The summed E-state index contributed by atoms with van der Waals surface area (Å²) < 4.78 is 4.77. The maximum atomic E-state index is 11.4. The van der Waals surface area contributed by atoms with Crippen LogP contribution in [0.1, 0.15) is 21.7 Å². The predicted octanol–water partition coefficient (Wildman–Crippen LogP) is 1.53. The number of ketones is 1. The zero-order valence-corrected chi connectivity index (χ0v) is 8.13. The highest BCUT2D eigenvalue weighted by atomic mass is 16.5. The zero-order chi connectivity index (χ0) is 9.84. The normalized spacial score (nSPS) is 10.1. The molecule has 0 unspecified atom stereocenters. The summed E-state index contributed by atoms with van der Waals surface area (Å²) in [6, 6.07) is 3.62. The predicted molar refractivity (Wildman–Crippen MR) is 49.9 cm³/mol. The van der Waals surface area contributed by atoms with Crippen molar-refractivity contribution in [1.82, 2.24) is 4.98 Å². The SMILES string of the molecule is COCC(=O)c1ccc(C)nc1C. The van der Waals surface area contributed by atoms with E-state index in [1.165, 1.54) is 7.11 Å². The molecule has 0 amide bonds. The molecule has 0 atom stereocenters. The van der Waals surface area contributed by atoms with Crippen molar-refractivity contribution in [3.63, 3.8) is 0 Å². The van der Waals surface area contributed by atoms with Gasteiger partial charge < -0.3 is 4.74 Å². The number of Topliss-reactive ketones (excluding diaryl/α,β-unsaturated/α-hetero) is 1. The number of methoxy groups -OCH3 is 1. The molecule has 0 aliphatic carbocycles. The number of hydrogen-bond donors (Lipinski definition) is 0. The molecule has 3 heteroatoms. The second kappa shape index (κ2) is 4.14. The Morgan fingerprint density at radius 2 is 2.15 bits per heavy atom. The largest absolute Gasteiger partial charge is 0.377 e. The summed E-state index contributed by atoms with van der Waals surface area (Å²) in [4.78, 5) is 15.6. The van der Waals surface area contributed by atoms with Crippen LogP contribution in [0.4, 0.5) is 0 Å². The maximum Gasteiger partial charge on any atom is 0.190 e. The van der Waals surface area contributed by atoms with Crippen LogP contribution in [0.2, 0.25) is 0 Å². The van der Waals surface area contributed by atoms with Gasteiger partial charge in [-0.3, -0.25) is 9.78 Å². The molecule has 0 aliphatic rings. The summed E-state index contributed by atoms with van der Waals surface area (Å²) in [6.45, 7) is 3.85. The molecule has 1 heterocycles. The number of aryl methyl sites for hydroxylation is 2. The van der Waals surface area contributed by atoms with E-state index in [2.05, 4.69) is 4.98 Å². The second-order valence-corrected chi connectivity index (χ2v) is 2.94. The van der Waals surface area contributed by atoms with Crippen LogP contribution >= 0.6 is 0 Å². The number of nitrogens with zero attached hydrogens (tertiary/aromatic N) is 1. The van der Waals surface area contributed by atoms with Crippen LogP contribution in [-0.4, -0.2) is 24.5 Å². The molecule has 0 saturated carbocycles. The quantitative estimate of drug-likeness (QED) is 0.660. The Balaban J connectivity index is 2.95. The standard InChI is InChI=1S/C10H13NO2/c1-7-4-5-9(8(2)11-7)10(12)6-13-3/h4-5H,6H2,1-3H3. The third-order valence-corrected chi connectivity index (χ3v) is 1.80. The van der Waals surface area contributed by atoms with E-state index < -0.39 is 0 Å². The maximum absolute atomic E-state index is 11.4. The van der Waals surface area contributed by atoms with Gasteiger partial charge in [-0.1, -0.05) is 0 Å². The van der Waals surface area contributed by atoms with Gasteiger partial charge in [0, 0.05) is 24.1 Å².